The highest BCUT2D eigenvalue weighted by Crippen LogP contribution is 2.48. The molecule has 9 heteroatoms. The SMILES string of the molecule is COc1ccc(OP(=O)(COC(=O)CN)Oc2ccc(OC)cc2)cc1. The summed E-state index contributed by atoms with van der Waals surface area (Å²) in [6.45, 7) is -0.342. The van der Waals surface area contributed by atoms with Gasteiger partial charge >= 0.3 is 13.6 Å². The number of hydrogen-bond donors (Lipinski definition) is 1. The van der Waals surface area contributed by atoms with Crippen molar-refractivity contribution in [2.75, 3.05) is 27.1 Å². The first-order valence-corrected chi connectivity index (χ1v) is 9.33. The molecule has 0 spiro atoms. The van der Waals surface area contributed by atoms with Crippen molar-refractivity contribution in [3.05, 3.63) is 48.5 Å². The molecule has 0 saturated heterocycles. The molecule has 0 fully saturated rings. The molecule has 0 amide bonds. The Balaban J connectivity index is 2.18. The maximum absolute atomic E-state index is 13.1. The molecule has 26 heavy (non-hydrogen) atoms. The molecule has 0 aliphatic heterocycles. The molecule has 2 aromatic carbocycles. The summed E-state index contributed by atoms with van der Waals surface area (Å²) in [5, 5.41) is 0. The molecule has 2 aromatic rings. The van der Waals surface area contributed by atoms with E-state index in [4.69, 9.17) is 29.0 Å². The van der Waals surface area contributed by atoms with Crippen LogP contribution in [0.2, 0.25) is 0 Å². The smallest absolute Gasteiger partial charge is 0.468 e. The second kappa shape index (κ2) is 9.12. The zero-order valence-electron chi connectivity index (χ0n) is 14.4. The molecule has 0 unspecified atom stereocenters. The van der Waals surface area contributed by atoms with E-state index < -0.39 is 19.9 Å². The molecule has 8 nitrogen and oxygen atoms in total. The van der Waals surface area contributed by atoms with Crippen molar-refractivity contribution in [2.45, 2.75) is 0 Å². The Morgan fingerprint density at radius 1 is 0.846 bits per heavy atom. The van der Waals surface area contributed by atoms with Crippen molar-refractivity contribution in [3.63, 3.8) is 0 Å². The van der Waals surface area contributed by atoms with Gasteiger partial charge in [0.05, 0.1) is 20.8 Å². The van der Waals surface area contributed by atoms with Gasteiger partial charge in [-0.1, -0.05) is 0 Å². The molecule has 0 bridgehead atoms. The second-order valence-electron chi connectivity index (χ2n) is 4.99. The molecule has 0 aromatic heterocycles. The first kappa shape index (κ1) is 19.6. The average Bonchev–Trinajstić information content (AvgIpc) is 2.67. The third kappa shape index (κ3) is 5.68. The summed E-state index contributed by atoms with van der Waals surface area (Å²) in [5.41, 5.74) is 5.20. The number of carbonyl (C=O) groups excluding carboxylic acids is 1. The number of carbonyl (C=O) groups is 1. The van der Waals surface area contributed by atoms with Gasteiger partial charge in [0.25, 0.3) is 0 Å². The molecular formula is C17H20NO7P. The van der Waals surface area contributed by atoms with Crippen molar-refractivity contribution in [1.29, 1.82) is 0 Å². The minimum atomic E-state index is -3.86. The average molecular weight is 381 g/mol. The van der Waals surface area contributed by atoms with Crippen LogP contribution < -0.4 is 24.3 Å². The fraction of sp³-hybridized carbons (Fsp3) is 0.235. The highest BCUT2D eigenvalue weighted by atomic mass is 31.2. The first-order valence-electron chi connectivity index (χ1n) is 7.60. The van der Waals surface area contributed by atoms with Gasteiger partial charge in [0.2, 0.25) is 6.35 Å². The van der Waals surface area contributed by atoms with Crippen LogP contribution in [0.5, 0.6) is 23.0 Å². The van der Waals surface area contributed by atoms with Gasteiger partial charge in [0.1, 0.15) is 23.0 Å². The third-order valence-corrected chi connectivity index (χ3v) is 4.58. The maximum Gasteiger partial charge on any atom is 0.468 e. The minimum Gasteiger partial charge on any atom is -0.497 e. The van der Waals surface area contributed by atoms with Crippen molar-refractivity contribution >= 4 is 13.6 Å². The molecule has 0 heterocycles. The normalized spacial score (nSPS) is 10.7. The van der Waals surface area contributed by atoms with Gasteiger partial charge in [0.15, 0.2) is 0 Å². The molecule has 0 aliphatic rings. The molecule has 0 aliphatic carbocycles. The lowest BCUT2D eigenvalue weighted by Crippen LogP contribution is -2.19. The fourth-order valence-corrected chi connectivity index (χ4v) is 3.21. The predicted octanol–water partition coefficient (Wildman–Crippen LogP) is 2.81. The number of rotatable bonds is 9. The second-order valence-corrected chi connectivity index (χ2v) is 6.84. The van der Waals surface area contributed by atoms with Crippen LogP contribution in [0.3, 0.4) is 0 Å². The van der Waals surface area contributed by atoms with E-state index in [1.165, 1.54) is 14.2 Å². The molecule has 0 atom stereocenters. The number of ether oxygens (including phenoxy) is 3. The Kier molecular flexibility index (Phi) is 6.89. The lowest BCUT2D eigenvalue weighted by molar-refractivity contribution is -0.140. The van der Waals surface area contributed by atoms with E-state index in [2.05, 4.69) is 0 Å². The number of nitrogens with two attached hydrogens (primary N) is 1. The summed E-state index contributed by atoms with van der Waals surface area (Å²) >= 11 is 0. The van der Waals surface area contributed by atoms with E-state index in [1.54, 1.807) is 48.5 Å². The van der Waals surface area contributed by atoms with E-state index in [9.17, 15) is 9.36 Å². The van der Waals surface area contributed by atoms with Gasteiger partial charge in [0, 0.05) is 0 Å². The summed E-state index contributed by atoms with van der Waals surface area (Å²) in [6.07, 6.45) is -0.582. The quantitative estimate of drug-likeness (QED) is 0.522. The first-order chi connectivity index (χ1) is 12.5. The van der Waals surface area contributed by atoms with E-state index >= 15 is 0 Å². The Labute approximate surface area is 151 Å². The van der Waals surface area contributed by atoms with Crippen molar-refractivity contribution < 1.29 is 32.6 Å². The maximum atomic E-state index is 13.1. The lowest BCUT2D eigenvalue weighted by Gasteiger charge is -2.20. The summed E-state index contributed by atoms with van der Waals surface area (Å²) in [6, 6.07) is 12.8. The highest BCUT2D eigenvalue weighted by Gasteiger charge is 2.30. The zero-order chi connectivity index (χ0) is 19.0. The van der Waals surface area contributed by atoms with Crippen molar-refractivity contribution in [1.82, 2.24) is 0 Å². The lowest BCUT2D eigenvalue weighted by atomic mass is 10.3. The number of hydrogen-bond acceptors (Lipinski definition) is 8. The van der Waals surface area contributed by atoms with Crippen LogP contribution in [0.4, 0.5) is 0 Å². The topological polar surface area (TPSA) is 106 Å². The third-order valence-electron chi connectivity index (χ3n) is 3.16. The number of benzene rings is 2. The van der Waals surface area contributed by atoms with Gasteiger partial charge in [-0.3, -0.25) is 4.79 Å². The van der Waals surface area contributed by atoms with E-state index in [0.717, 1.165) is 0 Å². The van der Waals surface area contributed by atoms with Gasteiger partial charge in [-0.15, -0.1) is 0 Å². The Morgan fingerprint density at radius 3 is 1.58 bits per heavy atom. The van der Waals surface area contributed by atoms with Crippen LogP contribution >= 0.6 is 7.60 Å². The molecular weight excluding hydrogens is 361 g/mol. The summed E-state index contributed by atoms with van der Waals surface area (Å²) in [7, 11) is -0.802. The zero-order valence-corrected chi connectivity index (χ0v) is 15.3. The molecule has 0 radical (unpaired) electrons. The predicted molar refractivity (Wildman–Crippen MR) is 94.9 cm³/mol. The molecule has 140 valence electrons. The number of methoxy groups -OCH3 is 2. The molecule has 2 rings (SSSR count). The number of esters is 1. The summed E-state index contributed by atoms with van der Waals surface area (Å²) in [5.74, 6) is 1.04. The summed E-state index contributed by atoms with van der Waals surface area (Å²) < 4.78 is 39.0. The van der Waals surface area contributed by atoms with Crippen LogP contribution in [0.15, 0.2) is 48.5 Å². The van der Waals surface area contributed by atoms with Crippen LogP contribution in [-0.2, 0) is 14.1 Å². The Morgan fingerprint density at radius 2 is 1.23 bits per heavy atom. The minimum absolute atomic E-state index is 0.270. The van der Waals surface area contributed by atoms with E-state index in [-0.39, 0.29) is 18.0 Å². The van der Waals surface area contributed by atoms with Gasteiger partial charge in [-0.2, -0.15) is 0 Å². The fourth-order valence-electron chi connectivity index (χ4n) is 1.88. The van der Waals surface area contributed by atoms with Crippen LogP contribution in [0.1, 0.15) is 0 Å². The van der Waals surface area contributed by atoms with Crippen molar-refractivity contribution in [3.8, 4) is 23.0 Å². The van der Waals surface area contributed by atoms with Gasteiger partial charge < -0.3 is 29.0 Å². The van der Waals surface area contributed by atoms with E-state index in [1.807, 2.05) is 0 Å². The standard InChI is InChI=1S/C17H20NO7P/c1-21-13-3-7-15(8-4-13)24-26(20,12-23-17(19)11-18)25-16-9-5-14(22-2)6-10-16/h3-10H,11-12,18H2,1-2H3. The van der Waals surface area contributed by atoms with Crippen LogP contribution in [0, 0.1) is 0 Å². The highest BCUT2D eigenvalue weighted by molar-refractivity contribution is 7.54. The van der Waals surface area contributed by atoms with Crippen molar-refractivity contribution in [2.24, 2.45) is 5.73 Å². The molecule has 2 N–H and O–H groups in total. The Bertz CT molecular complexity index is 708. The van der Waals surface area contributed by atoms with Gasteiger partial charge in [-0.25, -0.2) is 4.57 Å². The largest absolute Gasteiger partial charge is 0.497 e. The van der Waals surface area contributed by atoms with Gasteiger partial charge in [-0.05, 0) is 48.5 Å². The Hall–Kier alpha value is -2.70. The molecule has 0 saturated carbocycles. The monoisotopic (exact) mass is 381 g/mol. The van der Waals surface area contributed by atoms with Crippen LogP contribution in [0.25, 0.3) is 0 Å². The van der Waals surface area contributed by atoms with E-state index in [0.29, 0.717) is 11.5 Å². The van der Waals surface area contributed by atoms with Crippen LogP contribution in [-0.4, -0.2) is 33.1 Å². The summed E-state index contributed by atoms with van der Waals surface area (Å²) in [4.78, 5) is 11.3.